The number of anilines is 2. The number of hydrogen-bond acceptors (Lipinski definition) is 6. The lowest BCUT2D eigenvalue weighted by Crippen LogP contribution is -2.07. The third kappa shape index (κ3) is 3.92. The van der Waals surface area contributed by atoms with Gasteiger partial charge in [0.15, 0.2) is 0 Å². The summed E-state index contributed by atoms with van der Waals surface area (Å²) in [5.41, 5.74) is 3.33. The SMILES string of the molecule is COc1ccc(-c2c(C)oc3cc(Nc4ccc(OC)cc4OC)ccc3c2=O)cc1. The molecule has 4 rings (SSSR count). The van der Waals surface area contributed by atoms with Gasteiger partial charge in [-0.3, -0.25) is 4.79 Å². The van der Waals surface area contributed by atoms with Crippen LogP contribution < -0.4 is 25.0 Å². The van der Waals surface area contributed by atoms with Crippen molar-refractivity contribution in [1.82, 2.24) is 0 Å². The van der Waals surface area contributed by atoms with Crippen LogP contribution in [-0.4, -0.2) is 21.3 Å². The van der Waals surface area contributed by atoms with E-state index in [-0.39, 0.29) is 5.43 Å². The normalized spacial score (nSPS) is 10.7. The molecule has 1 N–H and O–H groups in total. The van der Waals surface area contributed by atoms with Crippen LogP contribution in [0.5, 0.6) is 17.2 Å². The molecule has 0 saturated carbocycles. The minimum atomic E-state index is -0.0718. The van der Waals surface area contributed by atoms with Crippen LogP contribution in [0.2, 0.25) is 0 Å². The molecule has 0 aliphatic heterocycles. The average Bonchev–Trinajstić information content (AvgIpc) is 2.79. The van der Waals surface area contributed by atoms with E-state index >= 15 is 0 Å². The summed E-state index contributed by atoms with van der Waals surface area (Å²) in [6, 6.07) is 18.3. The van der Waals surface area contributed by atoms with E-state index in [2.05, 4.69) is 5.32 Å². The van der Waals surface area contributed by atoms with E-state index in [1.807, 2.05) is 48.5 Å². The monoisotopic (exact) mass is 417 g/mol. The standard InChI is InChI=1S/C25H23NO5/c1-15-24(16-5-8-18(28-2)9-6-16)25(27)20-11-7-17(13-22(20)31-15)26-21-12-10-19(29-3)14-23(21)30-4/h5-14,26H,1-4H3. The smallest absolute Gasteiger partial charge is 0.200 e. The number of ether oxygens (including phenoxy) is 3. The van der Waals surface area contributed by atoms with Gasteiger partial charge in [-0.15, -0.1) is 0 Å². The van der Waals surface area contributed by atoms with Crippen LogP contribution in [-0.2, 0) is 0 Å². The van der Waals surface area contributed by atoms with Gasteiger partial charge in [0.2, 0.25) is 5.43 Å². The molecule has 0 radical (unpaired) electrons. The molecule has 0 spiro atoms. The maximum Gasteiger partial charge on any atom is 0.200 e. The fourth-order valence-corrected chi connectivity index (χ4v) is 3.53. The molecule has 3 aromatic carbocycles. The zero-order valence-corrected chi connectivity index (χ0v) is 17.8. The fraction of sp³-hybridized carbons (Fsp3) is 0.160. The average molecular weight is 417 g/mol. The quantitative estimate of drug-likeness (QED) is 0.444. The summed E-state index contributed by atoms with van der Waals surface area (Å²) in [4.78, 5) is 13.2. The van der Waals surface area contributed by atoms with Crippen molar-refractivity contribution in [2.45, 2.75) is 6.92 Å². The summed E-state index contributed by atoms with van der Waals surface area (Å²) < 4.78 is 21.9. The Balaban J connectivity index is 1.73. The number of hydrogen-bond donors (Lipinski definition) is 1. The molecule has 6 nitrogen and oxygen atoms in total. The zero-order chi connectivity index (χ0) is 22.0. The van der Waals surface area contributed by atoms with Gasteiger partial charge < -0.3 is 23.9 Å². The first-order chi connectivity index (χ1) is 15.0. The highest BCUT2D eigenvalue weighted by molar-refractivity contribution is 5.86. The van der Waals surface area contributed by atoms with E-state index < -0.39 is 0 Å². The van der Waals surface area contributed by atoms with Gasteiger partial charge in [0, 0.05) is 17.8 Å². The highest BCUT2D eigenvalue weighted by atomic mass is 16.5. The number of nitrogens with one attached hydrogen (secondary N) is 1. The summed E-state index contributed by atoms with van der Waals surface area (Å²) in [5, 5.41) is 3.83. The largest absolute Gasteiger partial charge is 0.497 e. The summed E-state index contributed by atoms with van der Waals surface area (Å²) in [5.74, 6) is 2.64. The molecule has 0 unspecified atom stereocenters. The Bertz CT molecular complexity index is 1290. The maximum atomic E-state index is 13.2. The minimum Gasteiger partial charge on any atom is -0.497 e. The van der Waals surface area contributed by atoms with Crippen molar-refractivity contribution >= 4 is 22.3 Å². The summed E-state index contributed by atoms with van der Waals surface area (Å²) in [6.45, 7) is 1.80. The predicted octanol–water partition coefficient (Wildman–Crippen LogP) is 5.54. The molecular weight excluding hydrogens is 394 g/mol. The predicted molar refractivity (Wildman–Crippen MR) is 122 cm³/mol. The first-order valence-corrected chi connectivity index (χ1v) is 9.75. The summed E-state index contributed by atoms with van der Waals surface area (Å²) in [7, 11) is 4.82. The molecule has 1 aromatic heterocycles. The number of methoxy groups -OCH3 is 3. The molecule has 0 aliphatic carbocycles. The highest BCUT2D eigenvalue weighted by Crippen LogP contribution is 2.33. The van der Waals surface area contributed by atoms with Crippen molar-refractivity contribution in [3.05, 3.63) is 76.6 Å². The topological polar surface area (TPSA) is 69.9 Å². The van der Waals surface area contributed by atoms with E-state index in [4.69, 9.17) is 18.6 Å². The Kier molecular flexibility index (Phi) is 5.54. The van der Waals surface area contributed by atoms with Gasteiger partial charge in [-0.1, -0.05) is 12.1 Å². The second kappa shape index (κ2) is 8.44. The molecular formula is C25H23NO5. The number of fused-ring (bicyclic) bond motifs is 1. The van der Waals surface area contributed by atoms with Crippen LogP contribution in [0.15, 0.2) is 69.9 Å². The second-order valence-corrected chi connectivity index (χ2v) is 6.99. The minimum absolute atomic E-state index is 0.0718. The Morgan fingerprint density at radius 2 is 1.52 bits per heavy atom. The summed E-state index contributed by atoms with van der Waals surface area (Å²) in [6.07, 6.45) is 0. The van der Waals surface area contributed by atoms with Crippen molar-refractivity contribution in [2.75, 3.05) is 26.6 Å². The van der Waals surface area contributed by atoms with Crippen molar-refractivity contribution in [3.63, 3.8) is 0 Å². The molecule has 0 atom stereocenters. The van der Waals surface area contributed by atoms with E-state index in [1.54, 1.807) is 40.4 Å². The molecule has 0 saturated heterocycles. The molecule has 0 amide bonds. The third-order valence-electron chi connectivity index (χ3n) is 5.13. The molecule has 0 bridgehead atoms. The van der Waals surface area contributed by atoms with Crippen LogP contribution in [0.25, 0.3) is 22.1 Å². The van der Waals surface area contributed by atoms with Crippen LogP contribution in [0.4, 0.5) is 11.4 Å². The lowest BCUT2D eigenvalue weighted by atomic mass is 10.0. The van der Waals surface area contributed by atoms with E-state index in [1.165, 1.54) is 0 Å². The number of benzene rings is 3. The van der Waals surface area contributed by atoms with Gasteiger partial charge in [0.25, 0.3) is 0 Å². The van der Waals surface area contributed by atoms with Gasteiger partial charge in [0.05, 0.1) is 38.0 Å². The fourth-order valence-electron chi connectivity index (χ4n) is 3.53. The number of rotatable bonds is 6. The van der Waals surface area contributed by atoms with Gasteiger partial charge in [0.1, 0.15) is 28.6 Å². The van der Waals surface area contributed by atoms with E-state index in [0.717, 1.165) is 22.7 Å². The molecule has 31 heavy (non-hydrogen) atoms. The Morgan fingerprint density at radius 3 is 2.19 bits per heavy atom. The Morgan fingerprint density at radius 1 is 0.806 bits per heavy atom. The van der Waals surface area contributed by atoms with Crippen LogP contribution in [0, 0.1) is 6.92 Å². The lowest BCUT2D eigenvalue weighted by molar-refractivity contribution is 0.395. The van der Waals surface area contributed by atoms with Gasteiger partial charge in [-0.25, -0.2) is 0 Å². The van der Waals surface area contributed by atoms with Gasteiger partial charge >= 0.3 is 0 Å². The van der Waals surface area contributed by atoms with Crippen LogP contribution in [0.3, 0.4) is 0 Å². The van der Waals surface area contributed by atoms with Crippen molar-refractivity contribution in [1.29, 1.82) is 0 Å². The lowest BCUT2D eigenvalue weighted by Gasteiger charge is -2.13. The van der Waals surface area contributed by atoms with Crippen LogP contribution in [0.1, 0.15) is 5.76 Å². The third-order valence-corrected chi connectivity index (χ3v) is 5.13. The molecule has 6 heteroatoms. The summed E-state index contributed by atoms with van der Waals surface area (Å²) >= 11 is 0. The molecule has 1 heterocycles. The Hall–Kier alpha value is -3.93. The maximum absolute atomic E-state index is 13.2. The number of aryl methyl sites for hydroxylation is 1. The van der Waals surface area contributed by atoms with E-state index in [9.17, 15) is 4.79 Å². The van der Waals surface area contributed by atoms with E-state index in [0.29, 0.717) is 33.8 Å². The molecule has 0 fully saturated rings. The van der Waals surface area contributed by atoms with Gasteiger partial charge in [-0.2, -0.15) is 0 Å². The molecule has 4 aromatic rings. The first-order valence-electron chi connectivity index (χ1n) is 9.75. The van der Waals surface area contributed by atoms with Gasteiger partial charge in [-0.05, 0) is 48.9 Å². The molecule has 158 valence electrons. The van der Waals surface area contributed by atoms with Crippen molar-refractivity contribution in [3.8, 4) is 28.4 Å². The zero-order valence-electron chi connectivity index (χ0n) is 17.8. The van der Waals surface area contributed by atoms with Crippen molar-refractivity contribution < 1.29 is 18.6 Å². The van der Waals surface area contributed by atoms with Crippen LogP contribution >= 0.6 is 0 Å². The highest BCUT2D eigenvalue weighted by Gasteiger charge is 2.14. The Labute approximate surface area is 180 Å². The van der Waals surface area contributed by atoms with Crippen molar-refractivity contribution in [2.24, 2.45) is 0 Å². The molecule has 0 aliphatic rings. The first kappa shape index (κ1) is 20.3. The second-order valence-electron chi connectivity index (χ2n) is 6.99.